The van der Waals surface area contributed by atoms with Crippen LogP contribution in [0.1, 0.15) is 25.5 Å². The molecule has 0 saturated carbocycles. The van der Waals surface area contributed by atoms with Gasteiger partial charge in [0, 0.05) is 12.6 Å². The monoisotopic (exact) mass is 245 g/mol. The van der Waals surface area contributed by atoms with Crippen molar-refractivity contribution < 1.29 is 10.2 Å². The predicted octanol–water partition coefficient (Wildman–Crippen LogP) is 2.58. The maximum atomic E-state index is 10.1. The smallest absolute Gasteiger partial charge is 0.116 e. The molecule has 0 spiro atoms. The van der Waals surface area contributed by atoms with Gasteiger partial charge in [-0.1, -0.05) is 32.0 Å². The van der Waals surface area contributed by atoms with Crippen LogP contribution in [0.5, 0.6) is 5.75 Å². The minimum absolute atomic E-state index is 0.261. The number of hydrogen-bond donors (Lipinski definition) is 3. The van der Waals surface area contributed by atoms with Crippen LogP contribution in [0.15, 0.2) is 36.4 Å². The third kappa shape index (κ3) is 3.00. The number of phenolic OH excluding ortho intramolecular Hbond substituents is 1. The molecule has 0 aromatic heterocycles. The van der Waals surface area contributed by atoms with E-state index in [2.05, 4.69) is 19.2 Å². The molecule has 0 aliphatic rings. The van der Waals surface area contributed by atoms with Gasteiger partial charge in [-0.05, 0) is 34.5 Å². The quantitative estimate of drug-likeness (QED) is 0.776. The first-order chi connectivity index (χ1) is 8.56. The van der Waals surface area contributed by atoms with Crippen molar-refractivity contribution in [2.75, 3.05) is 6.54 Å². The van der Waals surface area contributed by atoms with E-state index >= 15 is 0 Å². The fourth-order valence-corrected chi connectivity index (χ4v) is 1.92. The van der Waals surface area contributed by atoms with Gasteiger partial charge in [0.2, 0.25) is 0 Å². The largest absolute Gasteiger partial charge is 0.508 e. The predicted molar refractivity (Wildman–Crippen MR) is 73.7 cm³/mol. The van der Waals surface area contributed by atoms with E-state index in [0.717, 1.165) is 16.3 Å². The average molecular weight is 245 g/mol. The zero-order valence-corrected chi connectivity index (χ0v) is 10.7. The van der Waals surface area contributed by atoms with Crippen LogP contribution in [0.3, 0.4) is 0 Å². The summed E-state index contributed by atoms with van der Waals surface area (Å²) in [5.74, 6) is 0.261. The normalized spacial score (nSPS) is 13.1. The van der Waals surface area contributed by atoms with Crippen molar-refractivity contribution in [2.24, 2.45) is 0 Å². The summed E-state index contributed by atoms with van der Waals surface area (Å²) >= 11 is 0. The van der Waals surface area contributed by atoms with Crippen LogP contribution in [-0.2, 0) is 0 Å². The van der Waals surface area contributed by atoms with Crippen LogP contribution in [0.2, 0.25) is 0 Å². The van der Waals surface area contributed by atoms with Gasteiger partial charge in [-0.3, -0.25) is 0 Å². The van der Waals surface area contributed by atoms with Gasteiger partial charge in [0.15, 0.2) is 0 Å². The molecule has 3 heteroatoms. The Morgan fingerprint density at radius 3 is 2.44 bits per heavy atom. The van der Waals surface area contributed by atoms with Crippen molar-refractivity contribution in [3.63, 3.8) is 0 Å². The molecule has 3 N–H and O–H groups in total. The van der Waals surface area contributed by atoms with Gasteiger partial charge >= 0.3 is 0 Å². The van der Waals surface area contributed by atoms with E-state index in [0.29, 0.717) is 12.6 Å². The number of nitrogens with one attached hydrogen (secondary N) is 1. The fraction of sp³-hybridized carbons (Fsp3) is 0.333. The molecular formula is C15H19NO2. The van der Waals surface area contributed by atoms with Crippen molar-refractivity contribution in [3.8, 4) is 5.75 Å². The van der Waals surface area contributed by atoms with Crippen LogP contribution in [-0.4, -0.2) is 22.8 Å². The van der Waals surface area contributed by atoms with Crippen LogP contribution in [0.25, 0.3) is 10.8 Å². The standard InChI is InChI=1S/C15H19NO2/c1-10(2)16-9-15(18)13-4-3-12-8-14(17)6-5-11(12)7-13/h3-8,10,15-18H,9H2,1-2H3. The second kappa shape index (κ2) is 5.38. The first kappa shape index (κ1) is 12.9. The van der Waals surface area contributed by atoms with E-state index in [9.17, 15) is 10.2 Å². The van der Waals surface area contributed by atoms with Crippen LogP contribution in [0, 0.1) is 0 Å². The number of phenols is 1. The molecule has 0 saturated heterocycles. The molecule has 0 heterocycles. The Bertz CT molecular complexity index is 537. The highest BCUT2D eigenvalue weighted by Crippen LogP contribution is 2.23. The summed E-state index contributed by atoms with van der Waals surface area (Å²) in [4.78, 5) is 0. The number of aromatic hydroxyl groups is 1. The lowest BCUT2D eigenvalue weighted by Gasteiger charge is -2.15. The van der Waals surface area contributed by atoms with Crippen molar-refractivity contribution in [2.45, 2.75) is 26.0 Å². The molecule has 18 heavy (non-hydrogen) atoms. The molecule has 0 fully saturated rings. The molecule has 0 aliphatic carbocycles. The van der Waals surface area contributed by atoms with Gasteiger partial charge in [0.25, 0.3) is 0 Å². The number of fused-ring (bicyclic) bond motifs is 1. The van der Waals surface area contributed by atoms with Crippen molar-refractivity contribution in [3.05, 3.63) is 42.0 Å². The van der Waals surface area contributed by atoms with Gasteiger partial charge in [-0.25, -0.2) is 0 Å². The SMILES string of the molecule is CC(C)NCC(O)c1ccc2cc(O)ccc2c1. The van der Waals surface area contributed by atoms with Gasteiger partial charge in [0.05, 0.1) is 6.10 Å². The maximum Gasteiger partial charge on any atom is 0.116 e. The summed E-state index contributed by atoms with van der Waals surface area (Å²) in [6.45, 7) is 4.65. The Kier molecular flexibility index (Phi) is 3.84. The van der Waals surface area contributed by atoms with Crippen molar-refractivity contribution in [1.82, 2.24) is 5.32 Å². The minimum atomic E-state index is -0.509. The molecule has 0 amide bonds. The number of hydrogen-bond acceptors (Lipinski definition) is 3. The Labute approximate surface area is 107 Å². The summed E-state index contributed by atoms with van der Waals surface area (Å²) in [6, 6.07) is 11.4. The highest BCUT2D eigenvalue weighted by Gasteiger charge is 2.08. The lowest BCUT2D eigenvalue weighted by molar-refractivity contribution is 0.172. The summed E-state index contributed by atoms with van der Waals surface area (Å²) in [6.07, 6.45) is -0.509. The first-order valence-electron chi connectivity index (χ1n) is 6.20. The molecule has 2 rings (SSSR count). The topological polar surface area (TPSA) is 52.5 Å². The molecule has 96 valence electrons. The van der Waals surface area contributed by atoms with Crippen LogP contribution in [0.4, 0.5) is 0 Å². The van der Waals surface area contributed by atoms with E-state index in [4.69, 9.17) is 0 Å². The molecule has 2 aromatic carbocycles. The van der Waals surface area contributed by atoms with E-state index in [1.165, 1.54) is 0 Å². The highest BCUT2D eigenvalue weighted by molar-refractivity contribution is 5.84. The number of rotatable bonds is 4. The molecule has 1 atom stereocenters. The number of aliphatic hydroxyl groups is 1. The Hall–Kier alpha value is -1.58. The van der Waals surface area contributed by atoms with Crippen LogP contribution >= 0.6 is 0 Å². The van der Waals surface area contributed by atoms with E-state index in [-0.39, 0.29) is 5.75 Å². The Balaban J connectivity index is 2.21. The van der Waals surface area contributed by atoms with Crippen molar-refractivity contribution in [1.29, 1.82) is 0 Å². The van der Waals surface area contributed by atoms with Gasteiger partial charge < -0.3 is 15.5 Å². The third-order valence-electron chi connectivity index (χ3n) is 2.95. The third-order valence-corrected chi connectivity index (χ3v) is 2.95. The lowest BCUT2D eigenvalue weighted by atomic mass is 10.0. The van der Waals surface area contributed by atoms with Gasteiger partial charge in [-0.2, -0.15) is 0 Å². The van der Waals surface area contributed by atoms with E-state index in [1.807, 2.05) is 24.3 Å². The van der Waals surface area contributed by atoms with E-state index < -0.39 is 6.10 Å². The molecule has 0 bridgehead atoms. The summed E-state index contributed by atoms with van der Waals surface area (Å²) in [5.41, 5.74) is 0.890. The van der Waals surface area contributed by atoms with Crippen LogP contribution < -0.4 is 5.32 Å². The van der Waals surface area contributed by atoms with Gasteiger partial charge in [0.1, 0.15) is 5.75 Å². The minimum Gasteiger partial charge on any atom is -0.508 e. The second-order valence-electron chi connectivity index (χ2n) is 4.87. The van der Waals surface area contributed by atoms with E-state index in [1.54, 1.807) is 12.1 Å². The molecule has 2 aromatic rings. The Morgan fingerprint density at radius 2 is 1.72 bits per heavy atom. The average Bonchev–Trinajstić information content (AvgIpc) is 2.35. The molecule has 0 aliphatic heterocycles. The number of aliphatic hydroxyl groups excluding tert-OH is 1. The maximum absolute atomic E-state index is 10.1. The first-order valence-corrected chi connectivity index (χ1v) is 6.20. The zero-order chi connectivity index (χ0) is 13.1. The zero-order valence-electron chi connectivity index (χ0n) is 10.7. The molecule has 0 radical (unpaired) electrons. The summed E-state index contributed by atoms with van der Waals surface area (Å²) in [5, 5.41) is 24.7. The lowest BCUT2D eigenvalue weighted by Crippen LogP contribution is -2.27. The molecule has 1 unspecified atom stereocenters. The number of benzene rings is 2. The molecule has 3 nitrogen and oxygen atoms in total. The highest BCUT2D eigenvalue weighted by atomic mass is 16.3. The fourth-order valence-electron chi connectivity index (χ4n) is 1.92. The summed E-state index contributed by atoms with van der Waals surface area (Å²) < 4.78 is 0. The van der Waals surface area contributed by atoms with Crippen molar-refractivity contribution >= 4 is 10.8 Å². The summed E-state index contributed by atoms with van der Waals surface area (Å²) in [7, 11) is 0. The van der Waals surface area contributed by atoms with Gasteiger partial charge in [-0.15, -0.1) is 0 Å². The molecular weight excluding hydrogens is 226 g/mol. The second-order valence-corrected chi connectivity index (χ2v) is 4.87. The Morgan fingerprint density at radius 1 is 1.06 bits per heavy atom.